The number of hydrogen-bond donors (Lipinski definition) is 0. The number of hydrogen-bond acceptors (Lipinski definition) is 5. The van der Waals surface area contributed by atoms with Crippen molar-refractivity contribution >= 4 is 34.4 Å². The van der Waals surface area contributed by atoms with Crippen molar-refractivity contribution < 1.29 is 9.53 Å². The molecule has 0 radical (unpaired) electrons. The third kappa shape index (κ3) is 2.78. The van der Waals surface area contributed by atoms with Crippen LogP contribution in [0.5, 0.6) is 0 Å². The molecule has 1 aliphatic rings. The Morgan fingerprint density at radius 3 is 2.48 bits per heavy atom. The largest absolute Gasteiger partial charge is 0.469 e. The fraction of sp³-hybridized carbons (Fsp3) is 0.400. The summed E-state index contributed by atoms with van der Waals surface area (Å²) in [7, 11) is 1.43. The third-order valence-electron chi connectivity index (χ3n) is 3.84. The van der Waals surface area contributed by atoms with Crippen LogP contribution >= 0.6 is 11.6 Å². The standard InChI is InChI=1S/C15H16ClN3O2/c1-21-15(20)10-6-8-19(9-7-10)14-13(16)17-11-4-2-3-5-12(11)18-14/h2-5,10H,6-9H2,1H3. The van der Waals surface area contributed by atoms with Crippen molar-refractivity contribution in [2.75, 3.05) is 25.1 Å². The van der Waals surface area contributed by atoms with Crippen molar-refractivity contribution in [2.45, 2.75) is 12.8 Å². The summed E-state index contributed by atoms with van der Waals surface area (Å²) < 4.78 is 4.80. The average molecular weight is 306 g/mol. The summed E-state index contributed by atoms with van der Waals surface area (Å²) in [6.07, 6.45) is 1.50. The molecule has 0 unspecified atom stereocenters. The fourth-order valence-corrected chi connectivity index (χ4v) is 2.92. The summed E-state index contributed by atoms with van der Waals surface area (Å²) in [5.41, 5.74) is 1.61. The van der Waals surface area contributed by atoms with Crippen LogP contribution in [0.1, 0.15) is 12.8 Å². The normalized spacial score (nSPS) is 16.2. The number of esters is 1. The van der Waals surface area contributed by atoms with E-state index in [-0.39, 0.29) is 11.9 Å². The van der Waals surface area contributed by atoms with E-state index in [2.05, 4.69) is 14.9 Å². The molecular formula is C15H16ClN3O2. The summed E-state index contributed by atoms with van der Waals surface area (Å²) in [6.45, 7) is 1.46. The van der Waals surface area contributed by atoms with Crippen LogP contribution in [-0.2, 0) is 9.53 Å². The minimum absolute atomic E-state index is 0.0292. The summed E-state index contributed by atoms with van der Waals surface area (Å²) in [5.74, 6) is 0.530. The quantitative estimate of drug-likeness (QED) is 0.798. The molecule has 1 fully saturated rings. The first-order valence-corrected chi connectivity index (χ1v) is 7.32. The van der Waals surface area contributed by atoms with Crippen LogP contribution in [0.25, 0.3) is 11.0 Å². The number of para-hydroxylation sites is 2. The van der Waals surface area contributed by atoms with E-state index < -0.39 is 0 Å². The van der Waals surface area contributed by atoms with Crippen molar-refractivity contribution in [3.05, 3.63) is 29.4 Å². The number of ether oxygens (including phenoxy) is 1. The van der Waals surface area contributed by atoms with Crippen LogP contribution in [0.4, 0.5) is 5.82 Å². The van der Waals surface area contributed by atoms with Crippen LogP contribution in [0, 0.1) is 5.92 Å². The molecule has 6 heteroatoms. The Labute approximate surface area is 127 Å². The van der Waals surface area contributed by atoms with Crippen LogP contribution < -0.4 is 4.90 Å². The maximum atomic E-state index is 11.6. The van der Waals surface area contributed by atoms with Gasteiger partial charge in [0, 0.05) is 13.1 Å². The zero-order valence-electron chi connectivity index (χ0n) is 11.8. The fourth-order valence-electron chi connectivity index (χ4n) is 2.66. The number of carbonyl (C=O) groups is 1. The zero-order chi connectivity index (χ0) is 14.8. The molecule has 1 aliphatic heterocycles. The Morgan fingerprint density at radius 1 is 1.24 bits per heavy atom. The molecule has 0 saturated carbocycles. The van der Waals surface area contributed by atoms with Crippen molar-refractivity contribution in [3.8, 4) is 0 Å². The highest BCUT2D eigenvalue weighted by molar-refractivity contribution is 6.32. The van der Waals surface area contributed by atoms with Gasteiger partial charge in [-0.15, -0.1) is 0 Å². The summed E-state index contributed by atoms with van der Waals surface area (Å²) in [5, 5.41) is 0.408. The molecule has 0 atom stereocenters. The number of methoxy groups -OCH3 is 1. The molecular weight excluding hydrogens is 290 g/mol. The second-order valence-corrected chi connectivity index (χ2v) is 5.47. The van der Waals surface area contributed by atoms with Gasteiger partial charge in [-0.2, -0.15) is 0 Å². The molecule has 5 nitrogen and oxygen atoms in total. The van der Waals surface area contributed by atoms with Gasteiger partial charge in [-0.1, -0.05) is 23.7 Å². The molecule has 0 amide bonds. The second-order valence-electron chi connectivity index (χ2n) is 5.11. The number of halogens is 1. The average Bonchev–Trinajstić information content (AvgIpc) is 2.53. The van der Waals surface area contributed by atoms with E-state index in [1.807, 2.05) is 24.3 Å². The molecule has 2 heterocycles. The highest BCUT2D eigenvalue weighted by Crippen LogP contribution is 2.28. The van der Waals surface area contributed by atoms with Gasteiger partial charge in [-0.25, -0.2) is 9.97 Å². The highest BCUT2D eigenvalue weighted by atomic mass is 35.5. The Kier molecular flexibility index (Phi) is 3.92. The van der Waals surface area contributed by atoms with Gasteiger partial charge >= 0.3 is 5.97 Å². The lowest BCUT2D eigenvalue weighted by molar-refractivity contribution is -0.146. The first kappa shape index (κ1) is 14.1. The second kappa shape index (κ2) is 5.85. The SMILES string of the molecule is COC(=O)C1CCN(c2nc3ccccc3nc2Cl)CC1. The monoisotopic (exact) mass is 305 g/mol. The Morgan fingerprint density at radius 2 is 1.86 bits per heavy atom. The van der Waals surface area contributed by atoms with Crippen LogP contribution in [0.2, 0.25) is 5.15 Å². The number of piperidine rings is 1. The number of fused-ring (bicyclic) bond motifs is 1. The number of rotatable bonds is 2. The van der Waals surface area contributed by atoms with Crippen LogP contribution in [0.3, 0.4) is 0 Å². The van der Waals surface area contributed by atoms with E-state index in [1.54, 1.807) is 0 Å². The lowest BCUT2D eigenvalue weighted by Gasteiger charge is -2.31. The van der Waals surface area contributed by atoms with E-state index in [1.165, 1.54) is 7.11 Å². The number of nitrogens with zero attached hydrogens (tertiary/aromatic N) is 3. The number of aromatic nitrogens is 2. The third-order valence-corrected chi connectivity index (χ3v) is 4.09. The smallest absolute Gasteiger partial charge is 0.308 e. The molecule has 1 aromatic carbocycles. The molecule has 1 saturated heterocycles. The molecule has 1 aromatic heterocycles. The Hall–Kier alpha value is -1.88. The van der Waals surface area contributed by atoms with Gasteiger partial charge in [0.15, 0.2) is 11.0 Å². The number of carbonyl (C=O) groups excluding carboxylic acids is 1. The van der Waals surface area contributed by atoms with Gasteiger partial charge in [0.05, 0.1) is 24.1 Å². The maximum absolute atomic E-state index is 11.6. The van der Waals surface area contributed by atoms with E-state index in [9.17, 15) is 4.79 Å². The lowest BCUT2D eigenvalue weighted by atomic mass is 9.97. The van der Waals surface area contributed by atoms with Crippen molar-refractivity contribution in [2.24, 2.45) is 5.92 Å². The minimum Gasteiger partial charge on any atom is -0.469 e. The van der Waals surface area contributed by atoms with Gasteiger partial charge in [0.2, 0.25) is 0 Å². The summed E-state index contributed by atoms with van der Waals surface area (Å²) in [4.78, 5) is 22.6. The molecule has 0 bridgehead atoms. The van der Waals surface area contributed by atoms with Gasteiger partial charge < -0.3 is 9.64 Å². The first-order chi connectivity index (χ1) is 10.2. The van der Waals surface area contributed by atoms with Crippen molar-refractivity contribution in [3.63, 3.8) is 0 Å². The van der Waals surface area contributed by atoms with E-state index in [0.29, 0.717) is 11.0 Å². The Bertz CT molecular complexity index is 669. The predicted octanol–water partition coefficient (Wildman–Crippen LogP) is 2.67. The molecule has 2 aromatic rings. The van der Waals surface area contributed by atoms with Gasteiger partial charge in [0.1, 0.15) is 0 Å². The lowest BCUT2D eigenvalue weighted by Crippen LogP contribution is -2.37. The predicted molar refractivity (Wildman–Crippen MR) is 81.5 cm³/mol. The summed E-state index contributed by atoms with van der Waals surface area (Å²) in [6, 6.07) is 7.65. The highest BCUT2D eigenvalue weighted by Gasteiger charge is 2.27. The van der Waals surface area contributed by atoms with Gasteiger partial charge in [0.25, 0.3) is 0 Å². The van der Waals surface area contributed by atoms with Crippen molar-refractivity contribution in [1.82, 2.24) is 9.97 Å². The van der Waals surface area contributed by atoms with Gasteiger partial charge in [-0.05, 0) is 25.0 Å². The van der Waals surface area contributed by atoms with E-state index in [0.717, 1.165) is 37.0 Å². The Balaban J connectivity index is 1.82. The molecule has 3 rings (SSSR count). The molecule has 0 aliphatic carbocycles. The molecule has 110 valence electrons. The topological polar surface area (TPSA) is 55.3 Å². The molecule has 0 spiro atoms. The van der Waals surface area contributed by atoms with Gasteiger partial charge in [-0.3, -0.25) is 4.79 Å². The van der Waals surface area contributed by atoms with Crippen LogP contribution in [0.15, 0.2) is 24.3 Å². The van der Waals surface area contributed by atoms with Crippen LogP contribution in [-0.4, -0.2) is 36.1 Å². The molecule has 0 N–H and O–H groups in total. The van der Waals surface area contributed by atoms with E-state index in [4.69, 9.17) is 16.3 Å². The maximum Gasteiger partial charge on any atom is 0.308 e. The van der Waals surface area contributed by atoms with E-state index >= 15 is 0 Å². The molecule has 21 heavy (non-hydrogen) atoms. The zero-order valence-corrected chi connectivity index (χ0v) is 12.5. The first-order valence-electron chi connectivity index (χ1n) is 6.94. The summed E-state index contributed by atoms with van der Waals surface area (Å²) >= 11 is 6.26. The van der Waals surface area contributed by atoms with Crippen molar-refractivity contribution in [1.29, 1.82) is 0 Å². The number of anilines is 1. The number of benzene rings is 1. The minimum atomic E-state index is -0.134.